The Bertz CT molecular complexity index is 1900. The van der Waals surface area contributed by atoms with Gasteiger partial charge in [-0.15, -0.1) is 10.2 Å². The minimum atomic E-state index is -5.35. The Hall–Kier alpha value is -0.470. The maximum atomic E-state index is 11.9. The quantitative estimate of drug-likeness (QED) is 0.125. The van der Waals surface area contributed by atoms with Crippen LogP contribution in [0.5, 0.6) is 5.75 Å². The molecule has 0 spiro atoms. The minimum absolute atomic E-state index is 0. The summed E-state index contributed by atoms with van der Waals surface area (Å²) in [7, 11) is -15.1. The molecule has 0 saturated heterocycles. The summed E-state index contributed by atoms with van der Waals surface area (Å²) in [4.78, 5) is -2.48. The maximum absolute atomic E-state index is 11.9. The van der Waals surface area contributed by atoms with Gasteiger partial charge in [0.1, 0.15) is 36.6 Å². The number of nitrogens with zero attached hydrogens (tertiary/aromatic N) is 2. The third-order valence-corrected chi connectivity index (χ3v) is 7.55. The fraction of sp³-hybridized carbons (Fsp3) is 0. The largest absolute Gasteiger partial charge is 1.00 e. The fourth-order valence-corrected chi connectivity index (χ4v) is 5.53. The van der Waals surface area contributed by atoms with Crippen LogP contribution in [0.3, 0.4) is 0 Å². The van der Waals surface area contributed by atoms with E-state index < -0.39 is 61.9 Å². The van der Waals surface area contributed by atoms with Crippen LogP contribution in [0.25, 0.3) is 21.5 Å². The van der Waals surface area contributed by atoms with Crippen LogP contribution in [-0.4, -0.2) is 44.0 Å². The van der Waals surface area contributed by atoms with Gasteiger partial charge in [-0.2, -0.15) is 8.42 Å². The number of hydrogen-bond donors (Lipinski definition) is 2. The van der Waals surface area contributed by atoms with E-state index >= 15 is 0 Å². The molecule has 0 aliphatic heterocycles. The van der Waals surface area contributed by atoms with Gasteiger partial charge in [-0.25, -0.2) is 16.8 Å². The fourth-order valence-electron chi connectivity index (χ4n) is 3.49. The Labute approximate surface area is 283 Å². The van der Waals surface area contributed by atoms with Crippen molar-refractivity contribution in [1.82, 2.24) is 0 Å². The summed E-state index contributed by atoms with van der Waals surface area (Å²) in [6.07, 6.45) is 0. The summed E-state index contributed by atoms with van der Waals surface area (Å²) in [5, 5.41) is 17.8. The van der Waals surface area contributed by atoms with E-state index in [2.05, 4.69) is 10.2 Å². The minimum Gasteiger partial charge on any atom is -0.744 e. The average Bonchev–Trinajstić information content (AvgIpc) is 2.75. The number of phenolic OH excluding ortho intramolecular Hbond substituents is 1. The van der Waals surface area contributed by atoms with Crippen molar-refractivity contribution in [3.63, 3.8) is 0 Å². The van der Waals surface area contributed by atoms with Crippen molar-refractivity contribution in [3.05, 3.63) is 60.7 Å². The molecule has 0 radical (unpaired) electrons. The van der Waals surface area contributed by atoms with E-state index in [0.717, 1.165) is 24.3 Å². The van der Waals surface area contributed by atoms with Crippen LogP contribution in [0.2, 0.25) is 0 Å². The van der Waals surface area contributed by atoms with Crippen LogP contribution < -0.4 is 88.7 Å². The summed E-state index contributed by atoms with van der Waals surface area (Å²) >= 11 is 0. The van der Waals surface area contributed by atoms with Crippen molar-refractivity contribution in [2.45, 2.75) is 14.7 Å². The first-order chi connectivity index (χ1) is 16.2. The molecule has 0 unspecified atom stereocenters. The topological polar surface area (TPSA) is 214 Å². The molecule has 0 heterocycles. The number of fused-ring (bicyclic) bond motifs is 2. The molecular formula is C20H12N2Na3O10S3+. The molecule has 4 aromatic rings. The van der Waals surface area contributed by atoms with Crippen LogP contribution in [0.1, 0.15) is 0 Å². The van der Waals surface area contributed by atoms with Crippen LogP contribution >= 0.6 is 0 Å². The predicted molar refractivity (Wildman–Crippen MR) is 119 cm³/mol. The smallest absolute Gasteiger partial charge is 0.744 e. The number of rotatable bonds is 5. The molecule has 0 atom stereocenters. The number of phenols is 1. The van der Waals surface area contributed by atoms with E-state index in [1.54, 1.807) is 6.07 Å². The second kappa shape index (κ2) is 13.0. The van der Waals surface area contributed by atoms with Crippen molar-refractivity contribution >= 4 is 63.3 Å². The van der Waals surface area contributed by atoms with Gasteiger partial charge in [-0.3, -0.25) is 4.55 Å². The van der Waals surface area contributed by atoms with E-state index in [1.165, 1.54) is 24.3 Å². The zero-order valence-electron chi connectivity index (χ0n) is 20.1. The van der Waals surface area contributed by atoms with Crippen molar-refractivity contribution < 1.29 is 133 Å². The molecule has 0 aliphatic rings. The van der Waals surface area contributed by atoms with Crippen LogP contribution in [0.4, 0.5) is 11.4 Å². The first-order valence-corrected chi connectivity index (χ1v) is 13.6. The molecule has 0 aliphatic carbocycles. The molecule has 18 heteroatoms. The van der Waals surface area contributed by atoms with Gasteiger partial charge in [0.2, 0.25) is 0 Å². The number of hydrogen-bond acceptors (Lipinski definition) is 11. The Balaban J connectivity index is 0.00000241. The molecule has 0 fully saturated rings. The normalized spacial score (nSPS) is 12.1. The molecule has 182 valence electrons. The molecule has 0 bridgehead atoms. The summed E-state index contributed by atoms with van der Waals surface area (Å²) in [6.45, 7) is 0. The first kappa shape index (κ1) is 35.6. The molecule has 4 aromatic carbocycles. The maximum Gasteiger partial charge on any atom is 1.00 e. The molecule has 12 nitrogen and oxygen atoms in total. The van der Waals surface area contributed by atoms with Gasteiger partial charge in [0, 0.05) is 16.2 Å². The summed E-state index contributed by atoms with van der Waals surface area (Å²) in [5.41, 5.74) is -0.468. The SMILES string of the molecule is O=S(=O)([O-])c1cc(S(=O)(=O)[O-])c2c(N=Nc3ccc(S(=O)(=O)O)c4ccccc34)c(O)ccc2c1.[Na+].[Na+].[Na+]. The van der Waals surface area contributed by atoms with Gasteiger partial charge in [0.15, 0.2) is 0 Å². The van der Waals surface area contributed by atoms with Crippen LogP contribution in [0, 0.1) is 0 Å². The van der Waals surface area contributed by atoms with Gasteiger partial charge < -0.3 is 14.2 Å². The van der Waals surface area contributed by atoms with Crippen LogP contribution in [-0.2, 0) is 30.4 Å². The molecule has 2 N–H and O–H groups in total. The van der Waals surface area contributed by atoms with Crippen LogP contribution in [0.15, 0.2) is 85.6 Å². The number of benzene rings is 4. The standard InChI is InChI=1S/C20H14N2O10S3.3Na/c23-16-7-5-11-9-12(33(24,25)26)10-18(35(30,31)32)19(11)20(16)22-21-15-6-8-17(34(27,28)29)14-4-2-1-3-13(14)15;;;/h1-10,23H,(H,24,25,26)(H,27,28,29)(H,30,31,32);;;/q;3*+1/p-2. The van der Waals surface area contributed by atoms with Gasteiger partial charge in [0.25, 0.3) is 10.1 Å². The van der Waals surface area contributed by atoms with Crippen molar-refractivity contribution in [2.24, 2.45) is 10.2 Å². The van der Waals surface area contributed by atoms with Crippen molar-refractivity contribution in [3.8, 4) is 5.75 Å². The monoisotopic (exact) mass is 605 g/mol. The Kier molecular flexibility index (Phi) is 12.2. The van der Waals surface area contributed by atoms with E-state index in [4.69, 9.17) is 0 Å². The average molecular weight is 605 g/mol. The molecule has 0 aromatic heterocycles. The van der Waals surface area contributed by atoms with Gasteiger partial charge in [-0.1, -0.05) is 30.3 Å². The van der Waals surface area contributed by atoms with E-state index in [9.17, 15) is 44.0 Å². The van der Waals surface area contributed by atoms with E-state index in [-0.39, 0.29) is 111 Å². The third kappa shape index (κ3) is 7.43. The molecule has 38 heavy (non-hydrogen) atoms. The zero-order valence-corrected chi connectivity index (χ0v) is 28.5. The number of azo groups is 1. The Morgan fingerprint density at radius 3 is 1.84 bits per heavy atom. The van der Waals surface area contributed by atoms with E-state index in [1.807, 2.05) is 0 Å². The number of aromatic hydroxyl groups is 1. The molecule has 4 rings (SSSR count). The van der Waals surface area contributed by atoms with Crippen molar-refractivity contribution in [1.29, 1.82) is 0 Å². The van der Waals surface area contributed by atoms with Crippen molar-refractivity contribution in [2.75, 3.05) is 0 Å². The summed E-state index contributed by atoms with van der Waals surface area (Å²) in [5.74, 6) is -0.622. The van der Waals surface area contributed by atoms with Gasteiger partial charge in [-0.05, 0) is 35.7 Å². The Morgan fingerprint density at radius 1 is 0.684 bits per heavy atom. The molecule has 0 amide bonds. The Morgan fingerprint density at radius 2 is 1.29 bits per heavy atom. The third-order valence-electron chi connectivity index (χ3n) is 4.96. The predicted octanol–water partition coefficient (Wildman–Crippen LogP) is -5.82. The second-order valence-corrected chi connectivity index (χ2v) is 11.3. The van der Waals surface area contributed by atoms with Gasteiger partial charge >= 0.3 is 88.7 Å². The summed E-state index contributed by atoms with van der Waals surface area (Å²) < 4.78 is 103. The second-order valence-electron chi connectivity index (χ2n) is 7.16. The summed E-state index contributed by atoms with van der Waals surface area (Å²) in [6, 6.07) is 11.5. The van der Waals surface area contributed by atoms with E-state index in [0.29, 0.717) is 6.07 Å². The zero-order chi connectivity index (χ0) is 25.8. The molecular weight excluding hydrogens is 593 g/mol. The van der Waals surface area contributed by atoms with Gasteiger partial charge in [0.05, 0.1) is 15.5 Å². The first-order valence-electron chi connectivity index (χ1n) is 9.30. The molecule has 0 saturated carbocycles.